The molecule has 2 rings (SSSR count). The second-order valence-corrected chi connectivity index (χ2v) is 7.35. The van der Waals surface area contributed by atoms with Gasteiger partial charge in [0.15, 0.2) is 0 Å². The van der Waals surface area contributed by atoms with E-state index in [-0.39, 0.29) is 0 Å². The van der Waals surface area contributed by atoms with Crippen molar-refractivity contribution in [1.29, 1.82) is 0 Å². The lowest BCUT2D eigenvalue weighted by molar-refractivity contribution is -0.277. The van der Waals surface area contributed by atoms with Gasteiger partial charge in [-0.1, -0.05) is 27.7 Å². The van der Waals surface area contributed by atoms with Crippen molar-refractivity contribution in [3.05, 3.63) is 28.8 Å². The monoisotopic (exact) mass is 354 g/mol. The summed E-state index contributed by atoms with van der Waals surface area (Å²) in [5.41, 5.74) is 3.50. The van der Waals surface area contributed by atoms with E-state index in [9.17, 15) is 20.4 Å². The summed E-state index contributed by atoms with van der Waals surface area (Å²) in [5.74, 6) is 1.13. The molecule has 6 nitrogen and oxygen atoms in total. The minimum atomic E-state index is -1.45. The summed E-state index contributed by atoms with van der Waals surface area (Å²) in [6, 6.07) is 3.82. The lowest BCUT2D eigenvalue weighted by Crippen LogP contribution is -2.60. The average molecular weight is 354 g/mol. The Kier molecular flexibility index (Phi) is 6.45. The number of benzene rings is 1. The van der Waals surface area contributed by atoms with E-state index < -0.39 is 37.3 Å². The van der Waals surface area contributed by atoms with Gasteiger partial charge >= 0.3 is 0 Å². The van der Waals surface area contributed by atoms with E-state index in [0.29, 0.717) is 17.6 Å². The molecule has 0 bridgehead atoms. The minimum Gasteiger partial charge on any atom is -0.462 e. The molecular formula is C19H30O6. The first-order chi connectivity index (χ1) is 11.7. The average Bonchev–Trinajstić information content (AvgIpc) is 2.56. The summed E-state index contributed by atoms with van der Waals surface area (Å²) < 4.78 is 11.2. The predicted octanol–water partition coefficient (Wildman–Crippen LogP) is 1.42. The van der Waals surface area contributed by atoms with Crippen LogP contribution in [0.25, 0.3) is 0 Å². The van der Waals surface area contributed by atoms with Gasteiger partial charge in [-0.2, -0.15) is 0 Å². The van der Waals surface area contributed by atoms with E-state index in [1.165, 1.54) is 5.56 Å². The number of aliphatic hydroxyl groups is 4. The molecule has 25 heavy (non-hydrogen) atoms. The molecule has 5 atom stereocenters. The van der Waals surface area contributed by atoms with Crippen LogP contribution >= 0.6 is 0 Å². The molecule has 1 saturated heterocycles. The molecule has 6 heteroatoms. The van der Waals surface area contributed by atoms with Crippen LogP contribution in [0.4, 0.5) is 0 Å². The molecule has 0 amide bonds. The zero-order chi connectivity index (χ0) is 18.9. The van der Waals surface area contributed by atoms with Crippen LogP contribution in [0.1, 0.15) is 56.2 Å². The van der Waals surface area contributed by atoms with Crippen molar-refractivity contribution in [2.75, 3.05) is 6.61 Å². The quantitative estimate of drug-likeness (QED) is 0.638. The lowest BCUT2D eigenvalue weighted by atomic mass is 9.89. The van der Waals surface area contributed by atoms with Crippen LogP contribution in [0, 0.1) is 6.92 Å². The van der Waals surface area contributed by atoms with Crippen LogP contribution < -0.4 is 4.74 Å². The molecule has 1 heterocycles. The highest BCUT2D eigenvalue weighted by Crippen LogP contribution is 2.33. The molecule has 1 aliphatic rings. The third-order valence-corrected chi connectivity index (χ3v) is 4.81. The Balaban J connectivity index is 2.32. The summed E-state index contributed by atoms with van der Waals surface area (Å²) in [6.45, 7) is 10.0. The van der Waals surface area contributed by atoms with Crippen molar-refractivity contribution >= 4 is 0 Å². The van der Waals surface area contributed by atoms with Gasteiger partial charge in [0.05, 0.1) is 6.61 Å². The standard InChI is InChI=1S/C19H30O6/c1-9(2)13-6-12(7-14(10(3)4)11(13)5)24-19-18(23)17(22)16(21)15(8-20)25-19/h6-7,9-10,15-23H,8H2,1-5H3/t15?,16-,17-,18?,19-/m1/s1. The minimum absolute atomic E-state index is 0.302. The summed E-state index contributed by atoms with van der Waals surface area (Å²) in [4.78, 5) is 0. The predicted molar refractivity (Wildman–Crippen MR) is 93.8 cm³/mol. The number of rotatable bonds is 5. The highest BCUT2D eigenvalue weighted by atomic mass is 16.7. The van der Waals surface area contributed by atoms with Crippen molar-refractivity contribution in [3.63, 3.8) is 0 Å². The Morgan fingerprint density at radius 2 is 1.48 bits per heavy atom. The van der Waals surface area contributed by atoms with Crippen molar-refractivity contribution in [1.82, 2.24) is 0 Å². The Morgan fingerprint density at radius 3 is 1.92 bits per heavy atom. The fourth-order valence-corrected chi connectivity index (χ4v) is 3.30. The van der Waals surface area contributed by atoms with Gasteiger partial charge in [0.1, 0.15) is 30.2 Å². The highest BCUT2D eigenvalue weighted by molar-refractivity contribution is 5.44. The molecule has 0 saturated carbocycles. The van der Waals surface area contributed by atoms with Gasteiger partial charge < -0.3 is 29.9 Å². The Bertz CT molecular complexity index is 554. The van der Waals surface area contributed by atoms with Gasteiger partial charge in [0.25, 0.3) is 0 Å². The van der Waals surface area contributed by atoms with Gasteiger partial charge in [0.2, 0.25) is 6.29 Å². The first kappa shape index (κ1) is 20.1. The third kappa shape index (κ3) is 4.15. The highest BCUT2D eigenvalue weighted by Gasteiger charge is 2.44. The molecule has 1 aromatic rings. The second-order valence-electron chi connectivity index (χ2n) is 7.35. The molecular weight excluding hydrogens is 324 g/mol. The molecule has 2 unspecified atom stereocenters. The molecule has 0 spiro atoms. The zero-order valence-electron chi connectivity index (χ0n) is 15.5. The van der Waals surface area contributed by atoms with Gasteiger partial charge in [-0.15, -0.1) is 0 Å². The molecule has 0 aromatic heterocycles. The topological polar surface area (TPSA) is 99.4 Å². The Labute approximate surface area is 149 Å². The van der Waals surface area contributed by atoms with Crippen LogP contribution in [0.5, 0.6) is 5.75 Å². The summed E-state index contributed by atoms with van der Waals surface area (Å²) in [6.07, 6.45) is -6.41. The van der Waals surface area contributed by atoms with Crippen molar-refractivity contribution < 1.29 is 29.9 Å². The van der Waals surface area contributed by atoms with Gasteiger partial charge in [0, 0.05) is 0 Å². The zero-order valence-corrected chi connectivity index (χ0v) is 15.5. The molecule has 0 radical (unpaired) electrons. The van der Waals surface area contributed by atoms with Gasteiger partial charge in [-0.3, -0.25) is 0 Å². The first-order valence-corrected chi connectivity index (χ1v) is 8.79. The Hall–Kier alpha value is -1.18. The van der Waals surface area contributed by atoms with E-state index in [0.717, 1.165) is 11.1 Å². The largest absolute Gasteiger partial charge is 0.462 e. The van der Waals surface area contributed by atoms with Gasteiger partial charge in [-0.25, -0.2) is 0 Å². The van der Waals surface area contributed by atoms with Crippen LogP contribution in [0.15, 0.2) is 12.1 Å². The molecule has 0 aliphatic carbocycles. The van der Waals surface area contributed by atoms with E-state index >= 15 is 0 Å². The van der Waals surface area contributed by atoms with Crippen LogP contribution in [-0.2, 0) is 4.74 Å². The van der Waals surface area contributed by atoms with E-state index in [4.69, 9.17) is 9.47 Å². The maximum Gasteiger partial charge on any atom is 0.229 e. The molecule has 1 aromatic carbocycles. The molecule has 1 fully saturated rings. The smallest absolute Gasteiger partial charge is 0.229 e. The SMILES string of the molecule is Cc1c(C(C)C)cc(O[C@@H]2OC(CO)[C@@H](O)[C@@H](O)C2O)cc1C(C)C. The van der Waals surface area contributed by atoms with Crippen LogP contribution in [0.2, 0.25) is 0 Å². The Morgan fingerprint density at radius 1 is 0.960 bits per heavy atom. The fraction of sp³-hybridized carbons (Fsp3) is 0.684. The van der Waals surface area contributed by atoms with E-state index in [2.05, 4.69) is 34.6 Å². The van der Waals surface area contributed by atoms with E-state index in [1.54, 1.807) is 0 Å². The summed E-state index contributed by atoms with van der Waals surface area (Å²) in [5, 5.41) is 39.2. The number of hydrogen-bond acceptors (Lipinski definition) is 6. The molecule has 1 aliphatic heterocycles. The lowest BCUT2D eigenvalue weighted by Gasteiger charge is -2.39. The second kappa shape index (κ2) is 8.01. The van der Waals surface area contributed by atoms with Crippen molar-refractivity contribution in [3.8, 4) is 5.75 Å². The van der Waals surface area contributed by atoms with Crippen LogP contribution in [-0.4, -0.2) is 57.7 Å². The van der Waals surface area contributed by atoms with Crippen LogP contribution in [0.3, 0.4) is 0 Å². The summed E-state index contributed by atoms with van der Waals surface area (Å²) >= 11 is 0. The van der Waals surface area contributed by atoms with Crippen molar-refractivity contribution in [2.24, 2.45) is 0 Å². The number of aliphatic hydroxyl groups excluding tert-OH is 4. The third-order valence-electron chi connectivity index (χ3n) is 4.81. The molecule has 142 valence electrons. The maximum atomic E-state index is 10.2. The fourth-order valence-electron chi connectivity index (χ4n) is 3.30. The maximum absolute atomic E-state index is 10.2. The first-order valence-electron chi connectivity index (χ1n) is 8.79. The molecule has 4 N–H and O–H groups in total. The number of ether oxygens (including phenoxy) is 2. The van der Waals surface area contributed by atoms with E-state index in [1.807, 2.05) is 12.1 Å². The number of hydrogen-bond donors (Lipinski definition) is 4. The van der Waals surface area contributed by atoms with Gasteiger partial charge in [-0.05, 0) is 47.6 Å². The normalized spacial score (nSPS) is 30.1. The summed E-state index contributed by atoms with van der Waals surface area (Å²) in [7, 11) is 0. The van der Waals surface area contributed by atoms with Crippen molar-refractivity contribution in [2.45, 2.75) is 77.2 Å².